The van der Waals surface area contributed by atoms with Crippen LogP contribution in [0.3, 0.4) is 0 Å². The highest BCUT2D eigenvalue weighted by atomic mass is 32.1. The van der Waals surface area contributed by atoms with E-state index in [1.165, 1.54) is 21.4 Å². The van der Waals surface area contributed by atoms with Crippen molar-refractivity contribution < 1.29 is 4.79 Å². The summed E-state index contributed by atoms with van der Waals surface area (Å²) in [4.78, 5) is 24.0. The lowest BCUT2D eigenvalue weighted by Crippen LogP contribution is -2.50. The third kappa shape index (κ3) is 5.14. The van der Waals surface area contributed by atoms with Crippen molar-refractivity contribution in [1.29, 1.82) is 0 Å². The lowest BCUT2D eigenvalue weighted by atomic mass is 10.1. The van der Waals surface area contributed by atoms with Crippen molar-refractivity contribution in [2.75, 3.05) is 51.2 Å². The Morgan fingerprint density at radius 3 is 2.48 bits per heavy atom. The standard InChI is InChI=1S/C25H30N4OS/c1-19-11-12-20(2)24-23(19)26-25(31-24)27(3)18-22(30)29-16-14-28(15-17-29)13-7-10-21-8-5-4-6-9-21/h4-12H,13-18H2,1-3H3. The predicted molar refractivity (Wildman–Crippen MR) is 131 cm³/mol. The first kappa shape index (κ1) is 21.5. The molecule has 1 saturated heterocycles. The quantitative estimate of drug-likeness (QED) is 0.583. The van der Waals surface area contributed by atoms with E-state index in [1.807, 2.05) is 22.9 Å². The summed E-state index contributed by atoms with van der Waals surface area (Å²) in [5.41, 5.74) is 4.69. The van der Waals surface area contributed by atoms with Gasteiger partial charge < -0.3 is 9.80 Å². The Balaban J connectivity index is 1.28. The van der Waals surface area contributed by atoms with Gasteiger partial charge in [-0.25, -0.2) is 4.98 Å². The largest absolute Gasteiger partial charge is 0.342 e. The van der Waals surface area contributed by atoms with Crippen molar-refractivity contribution in [3.63, 3.8) is 0 Å². The number of piperazine rings is 1. The summed E-state index contributed by atoms with van der Waals surface area (Å²) in [5.74, 6) is 0.176. The van der Waals surface area contributed by atoms with E-state index in [0.717, 1.165) is 43.4 Å². The average Bonchev–Trinajstić information content (AvgIpc) is 3.25. The number of rotatable bonds is 6. The van der Waals surface area contributed by atoms with Crippen molar-refractivity contribution in [3.8, 4) is 0 Å². The minimum Gasteiger partial charge on any atom is -0.342 e. The number of thiazole rings is 1. The third-order valence-electron chi connectivity index (χ3n) is 5.83. The molecule has 1 fully saturated rings. The first-order valence-electron chi connectivity index (χ1n) is 10.8. The maximum atomic E-state index is 12.9. The average molecular weight is 435 g/mol. The van der Waals surface area contributed by atoms with Crippen LogP contribution in [0.5, 0.6) is 0 Å². The number of nitrogens with zero attached hydrogens (tertiary/aromatic N) is 4. The summed E-state index contributed by atoms with van der Waals surface area (Å²) < 4.78 is 1.21. The number of aryl methyl sites for hydroxylation is 2. The van der Waals surface area contributed by atoms with Gasteiger partial charge in [0.15, 0.2) is 5.13 Å². The number of aromatic nitrogens is 1. The predicted octanol–water partition coefficient (Wildman–Crippen LogP) is 4.21. The van der Waals surface area contributed by atoms with E-state index >= 15 is 0 Å². The molecule has 1 aliphatic rings. The van der Waals surface area contributed by atoms with Crippen molar-refractivity contribution in [2.45, 2.75) is 13.8 Å². The molecule has 4 rings (SSSR count). The van der Waals surface area contributed by atoms with Crippen LogP contribution in [0, 0.1) is 13.8 Å². The molecule has 1 amide bonds. The molecule has 0 aliphatic carbocycles. The maximum Gasteiger partial charge on any atom is 0.242 e. The van der Waals surface area contributed by atoms with Crippen molar-refractivity contribution in [1.82, 2.24) is 14.8 Å². The summed E-state index contributed by atoms with van der Waals surface area (Å²) in [7, 11) is 1.96. The topological polar surface area (TPSA) is 39.7 Å². The highest BCUT2D eigenvalue weighted by Crippen LogP contribution is 2.32. The molecule has 162 valence electrons. The van der Waals surface area contributed by atoms with E-state index in [0.29, 0.717) is 6.54 Å². The lowest BCUT2D eigenvalue weighted by molar-refractivity contribution is -0.131. The highest BCUT2D eigenvalue weighted by molar-refractivity contribution is 7.22. The summed E-state index contributed by atoms with van der Waals surface area (Å²) in [6.45, 7) is 8.87. The molecule has 0 saturated carbocycles. The van der Waals surface area contributed by atoms with Crippen LogP contribution >= 0.6 is 11.3 Å². The van der Waals surface area contributed by atoms with Gasteiger partial charge in [0.25, 0.3) is 0 Å². The number of amides is 1. The fourth-order valence-corrected chi connectivity index (χ4v) is 4.94. The number of hydrogen-bond acceptors (Lipinski definition) is 5. The van der Waals surface area contributed by atoms with E-state index in [9.17, 15) is 4.79 Å². The monoisotopic (exact) mass is 434 g/mol. The van der Waals surface area contributed by atoms with Gasteiger partial charge >= 0.3 is 0 Å². The molecule has 6 heteroatoms. The van der Waals surface area contributed by atoms with Crippen molar-refractivity contribution >= 4 is 38.7 Å². The molecule has 2 aromatic carbocycles. The number of carbonyl (C=O) groups is 1. The summed E-state index contributed by atoms with van der Waals surface area (Å²) in [5, 5.41) is 0.908. The van der Waals surface area contributed by atoms with E-state index in [2.05, 4.69) is 67.3 Å². The molecular formula is C25H30N4OS. The van der Waals surface area contributed by atoms with E-state index in [1.54, 1.807) is 11.3 Å². The molecule has 31 heavy (non-hydrogen) atoms. The third-order valence-corrected chi connectivity index (χ3v) is 7.13. The van der Waals surface area contributed by atoms with Crippen LogP contribution < -0.4 is 4.90 Å². The molecular weight excluding hydrogens is 404 g/mol. The van der Waals surface area contributed by atoms with Crippen molar-refractivity contribution in [2.24, 2.45) is 0 Å². The van der Waals surface area contributed by atoms with Gasteiger partial charge in [0, 0.05) is 39.8 Å². The molecule has 1 aromatic heterocycles. The second kappa shape index (κ2) is 9.62. The molecule has 0 N–H and O–H groups in total. The fourth-order valence-electron chi connectivity index (χ4n) is 3.86. The van der Waals surface area contributed by atoms with E-state index < -0.39 is 0 Å². The highest BCUT2D eigenvalue weighted by Gasteiger charge is 2.22. The molecule has 0 unspecified atom stereocenters. The minimum atomic E-state index is 0.176. The van der Waals surface area contributed by atoms with Crippen LogP contribution in [0.2, 0.25) is 0 Å². The minimum absolute atomic E-state index is 0.176. The Bertz CT molecular complexity index is 1030. The van der Waals surface area contributed by atoms with Gasteiger partial charge in [0.05, 0.1) is 16.8 Å². The first-order chi connectivity index (χ1) is 15.0. The molecule has 1 aliphatic heterocycles. The second-order valence-corrected chi connectivity index (χ2v) is 9.20. The zero-order valence-electron chi connectivity index (χ0n) is 18.5. The van der Waals surface area contributed by atoms with Crippen LogP contribution in [0.15, 0.2) is 48.5 Å². The second-order valence-electron chi connectivity index (χ2n) is 8.22. The number of likely N-dealkylation sites (N-methyl/N-ethyl adjacent to an activating group) is 1. The van der Waals surface area contributed by atoms with Crippen LogP contribution in [-0.4, -0.2) is 67.0 Å². The molecule has 3 aromatic rings. The van der Waals surface area contributed by atoms with Crippen LogP contribution in [-0.2, 0) is 4.79 Å². The van der Waals surface area contributed by atoms with Gasteiger partial charge in [0.2, 0.25) is 5.91 Å². The number of fused-ring (bicyclic) bond motifs is 1. The lowest BCUT2D eigenvalue weighted by Gasteiger charge is -2.35. The number of benzene rings is 2. The van der Waals surface area contributed by atoms with Gasteiger partial charge in [-0.1, -0.05) is 66.0 Å². The zero-order valence-corrected chi connectivity index (χ0v) is 19.4. The number of anilines is 1. The number of hydrogen-bond donors (Lipinski definition) is 0. The van der Waals surface area contributed by atoms with Gasteiger partial charge in [0.1, 0.15) is 0 Å². The summed E-state index contributed by atoms with van der Waals surface area (Å²) >= 11 is 1.67. The zero-order chi connectivity index (χ0) is 21.8. The SMILES string of the molecule is Cc1ccc(C)c2sc(N(C)CC(=O)N3CCN(CC=Cc4ccccc4)CC3)nc12. The van der Waals surface area contributed by atoms with Gasteiger partial charge in [-0.2, -0.15) is 0 Å². The van der Waals surface area contributed by atoms with E-state index in [-0.39, 0.29) is 5.91 Å². The first-order valence-corrected chi connectivity index (χ1v) is 11.6. The normalized spacial score (nSPS) is 15.1. The Morgan fingerprint density at radius 2 is 1.77 bits per heavy atom. The van der Waals surface area contributed by atoms with Gasteiger partial charge in [-0.05, 0) is 30.5 Å². The summed E-state index contributed by atoms with van der Waals surface area (Å²) in [6.07, 6.45) is 4.37. The fraction of sp³-hybridized carbons (Fsp3) is 0.360. The molecule has 2 heterocycles. The van der Waals surface area contributed by atoms with Gasteiger partial charge in [-0.15, -0.1) is 0 Å². The molecule has 0 radical (unpaired) electrons. The summed E-state index contributed by atoms with van der Waals surface area (Å²) in [6, 6.07) is 14.6. The Labute approximate surface area is 188 Å². The van der Waals surface area contributed by atoms with Crippen molar-refractivity contribution in [3.05, 3.63) is 65.2 Å². The van der Waals surface area contributed by atoms with Crippen LogP contribution in [0.1, 0.15) is 16.7 Å². The maximum absolute atomic E-state index is 12.9. The molecule has 0 atom stereocenters. The van der Waals surface area contributed by atoms with Crippen LogP contribution in [0.25, 0.3) is 16.3 Å². The number of carbonyl (C=O) groups excluding carboxylic acids is 1. The molecule has 0 spiro atoms. The molecule has 0 bridgehead atoms. The Morgan fingerprint density at radius 1 is 1.06 bits per heavy atom. The Hall–Kier alpha value is -2.70. The Kier molecular flexibility index (Phi) is 6.68. The van der Waals surface area contributed by atoms with Crippen LogP contribution in [0.4, 0.5) is 5.13 Å². The van der Waals surface area contributed by atoms with Gasteiger partial charge in [-0.3, -0.25) is 9.69 Å². The smallest absolute Gasteiger partial charge is 0.242 e. The molecule has 5 nitrogen and oxygen atoms in total. The van der Waals surface area contributed by atoms with E-state index in [4.69, 9.17) is 4.98 Å².